The Bertz CT molecular complexity index is 478. The number of hydrogen-bond donors (Lipinski definition) is 2. The number of methoxy groups -OCH3 is 1. The minimum Gasteiger partial charge on any atom is -0.385 e. The summed E-state index contributed by atoms with van der Waals surface area (Å²) in [4.78, 5) is 0. The number of nitrogens with one attached hydrogen (secondary N) is 1. The zero-order chi connectivity index (χ0) is 16.0. The quantitative estimate of drug-likeness (QED) is 0.761. The molecule has 0 bridgehead atoms. The summed E-state index contributed by atoms with van der Waals surface area (Å²) in [6.07, 6.45) is 4.00. The van der Waals surface area contributed by atoms with Gasteiger partial charge in [0.15, 0.2) is 11.6 Å². The molecule has 1 fully saturated rings. The molecule has 1 aromatic carbocycles. The lowest BCUT2D eigenvalue weighted by Gasteiger charge is -2.39. The van der Waals surface area contributed by atoms with Crippen molar-refractivity contribution in [1.82, 2.24) is 5.32 Å². The molecule has 0 aliphatic carbocycles. The Hall–Kier alpha value is -1.04. The zero-order valence-corrected chi connectivity index (χ0v) is 13.1. The Morgan fingerprint density at radius 2 is 2.14 bits per heavy atom. The maximum absolute atomic E-state index is 13.6. The molecular weight excluding hydrogens is 288 g/mol. The van der Waals surface area contributed by atoms with Gasteiger partial charge in [0.1, 0.15) is 0 Å². The van der Waals surface area contributed by atoms with E-state index in [2.05, 4.69) is 5.32 Å². The molecular formula is C17H25F2NO2. The van der Waals surface area contributed by atoms with Gasteiger partial charge in [0.25, 0.3) is 0 Å². The third-order valence-corrected chi connectivity index (χ3v) is 4.55. The van der Waals surface area contributed by atoms with Crippen LogP contribution < -0.4 is 5.32 Å². The van der Waals surface area contributed by atoms with Crippen LogP contribution in [0, 0.1) is 17.6 Å². The number of ether oxygens (including phenoxy) is 1. The Balaban J connectivity index is 2.20. The molecule has 2 N–H and O–H groups in total. The number of benzene rings is 1. The molecule has 0 radical (unpaired) electrons. The number of aliphatic hydroxyl groups is 1. The average molecular weight is 313 g/mol. The topological polar surface area (TPSA) is 41.5 Å². The first-order valence-corrected chi connectivity index (χ1v) is 7.95. The number of hydrogen-bond acceptors (Lipinski definition) is 3. The monoisotopic (exact) mass is 313 g/mol. The van der Waals surface area contributed by atoms with E-state index in [1.165, 1.54) is 6.07 Å². The highest BCUT2D eigenvalue weighted by Gasteiger charge is 2.38. The summed E-state index contributed by atoms with van der Waals surface area (Å²) in [5.41, 5.74) is -0.659. The van der Waals surface area contributed by atoms with Crippen LogP contribution in [0.25, 0.3) is 0 Å². The number of unbranched alkanes of at least 4 members (excludes halogenated alkanes) is 1. The van der Waals surface area contributed by atoms with E-state index in [0.29, 0.717) is 25.1 Å². The van der Waals surface area contributed by atoms with Gasteiger partial charge in [-0.25, -0.2) is 8.78 Å². The van der Waals surface area contributed by atoms with Gasteiger partial charge < -0.3 is 15.2 Å². The molecule has 1 aromatic rings. The van der Waals surface area contributed by atoms with Gasteiger partial charge in [-0.2, -0.15) is 0 Å². The predicted molar refractivity (Wildman–Crippen MR) is 81.6 cm³/mol. The van der Waals surface area contributed by atoms with Gasteiger partial charge in [0.05, 0.1) is 5.60 Å². The first-order chi connectivity index (χ1) is 10.6. The first kappa shape index (κ1) is 17.3. The molecule has 1 aliphatic heterocycles. The predicted octanol–water partition coefficient (Wildman–Crippen LogP) is 2.97. The van der Waals surface area contributed by atoms with Gasteiger partial charge >= 0.3 is 0 Å². The fraction of sp³-hybridized carbons (Fsp3) is 0.647. The summed E-state index contributed by atoms with van der Waals surface area (Å²) in [6, 6.07) is 3.74. The third-order valence-electron chi connectivity index (χ3n) is 4.55. The molecule has 3 nitrogen and oxygen atoms in total. The Morgan fingerprint density at radius 3 is 2.77 bits per heavy atom. The second-order valence-electron chi connectivity index (χ2n) is 6.05. The molecule has 5 heteroatoms. The summed E-state index contributed by atoms with van der Waals surface area (Å²) in [7, 11) is 1.65. The van der Waals surface area contributed by atoms with Gasteiger partial charge in [0, 0.05) is 26.2 Å². The molecule has 0 aromatic heterocycles. The number of halogens is 2. The summed E-state index contributed by atoms with van der Waals surface area (Å²) >= 11 is 0. The number of piperidine rings is 1. The van der Waals surface area contributed by atoms with E-state index >= 15 is 0 Å². The molecule has 1 aliphatic rings. The lowest BCUT2D eigenvalue weighted by Crippen LogP contribution is -2.44. The van der Waals surface area contributed by atoms with Crippen molar-refractivity contribution in [2.24, 2.45) is 5.92 Å². The van der Waals surface area contributed by atoms with Crippen molar-refractivity contribution in [3.8, 4) is 0 Å². The summed E-state index contributed by atoms with van der Waals surface area (Å²) in [5, 5.41) is 14.5. The SMILES string of the molecule is COCCCCC(O)(c1ccc(F)c(F)c1)C1CCCNC1. The molecule has 2 rings (SSSR count). The molecule has 124 valence electrons. The van der Waals surface area contributed by atoms with Gasteiger partial charge in [-0.15, -0.1) is 0 Å². The van der Waals surface area contributed by atoms with E-state index in [0.717, 1.165) is 44.4 Å². The fourth-order valence-corrected chi connectivity index (χ4v) is 3.25. The van der Waals surface area contributed by atoms with Crippen molar-refractivity contribution in [2.75, 3.05) is 26.8 Å². The van der Waals surface area contributed by atoms with Gasteiger partial charge in [-0.05, 0) is 56.3 Å². The lowest BCUT2D eigenvalue weighted by molar-refractivity contribution is -0.0437. The number of rotatable bonds is 7. The van der Waals surface area contributed by atoms with Crippen molar-refractivity contribution in [3.63, 3.8) is 0 Å². The van der Waals surface area contributed by atoms with E-state index in [9.17, 15) is 13.9 Å². The standard InChI is InChI=1S/C17H25F2NO2/c1-22-10-3-2-8-17(21,14-5-4-9-20-12-14)13-6-7-15(18)16(19)11-13/h6-7,11,14,20-21H,2-5,8-10,12H2,1H3. The summed E-state index contributed by atoms with van der Waals surface area (Å²) in [6.45, 7) is 2.27. The van der Waals surface area contributed by atoms with E-state index < -0.39 is 17.2 Å². The van der Waals surface area contributed by atoms with Crippen LogP contribution in [0.1, 0.15) is 37.7 Å². The van der Waals surface area contributed by atoms with E-state index in [4.69, 9.17) is 4.74 Å². The van der Waals surface area contributed by atoms with E-state index in [1.54, 1.807) is 7.11 Å². The second kappa shape index (κ2) is 7.99. The maximum Gasteiger partial charge on any atom is 0.159 e. The van der Waals surface area contributed by atoms with Crippen LogP contribution in [-0.4, -0.2) is 31.9 Å². The van der Waals surface area contributed by atoms with Crippen molar-refractivity contribution in [3.05, 3.63) is 35.4 Å². The molecule has 22 heavy (non-hydrogen) atoms. The molecule has 0 spiro atoms. The van der Waals surface area contributed by atoms with Gasteiger partial charge in [-0.3, -0.25) is 0 Å². The van der Waals surface area contributed by atoms with Crippen LogP contribution in [0.3, 0.4) is 0 Å². The zero-order valence-electron chi connectivity index (χ0n) is 13.1. The summed E-state index contributed by atoms with van der Waals surface area (Å²) in [5.74, 6) is -1.78. The smallest absolute Gasteiger partial charge is 0.159 e. The maximum atomic E-state index is 13.6. The highest BCUT2D eigenvalue weighted by Crippen LogP contribution is 2.38. The van der Waals surface area contributed by atoms with Gasteiger partial charge in [0.2, 0.25) is 0 Å². The largest absolute Gasteiger partial charge is 0.385 e. The molecule has 0 saturated carbocycles. The summed E-state index contributed by atoms with van der Waals surface area (Å²) < 4.78 is 31.8. The third kappa shape index (κ3) is 4.03. The van der Waals surface area contributed by atoms with Crippen molar-refractivity contribution < 1.29 is 18.6 Å². The minimum atomic E-state index is -1.13. The molecule has 0 amide bonds. The Morgan fingerprint density at radius 1 is 1.32 bits per heavy atom. The van der Waals surface area contributed by atoms with Crippen LogP contribution in [0.15, 0.2) is 18.2 Å². The van der Waals surface area contributed by atoms with Gasteiger partial charge in [-0.1, -0.05) is 6.07 Å². The van der Waals surface area contributed by atoms with Crippen LogP contribution in [0.2, 0.25) is 0 Å². The van der Waals surface area contributed by atoms with Crippen LogP contribution in [0.5, 0.6) is 0 Å². The molecule has 2 atom stereocenters. The molecule has 1 saturated heterocycles. The second-order valence-corrected chi connectivity index (χ2v) is 6.05. The minimum absolute atomic E-state index is 0.00801. The average Bonchev–Trinajstić information content (AvgIpc) is 2.55. The molecule has 1 heterocycles. The first-order valence-electron chi connectivity index (χ1n) is 7.95. The van der Waals surface area contributed by atoms with Crippen LogP contribution in [-0.2, 0) is 10.3 Å². The Labute approximate surface area is 130 Å². The van der Waals surface area contributed by atoms with E-state index in [1.807, 2.05) is 0 Å². The normalized spacial score (nSPS) is 21.5. The lowest BCUT2D eigenvalue weighted by atomic mass is 9.74. The van der Waals surface area contributed by atoms with Crippen molar-refractivity contribution >= 4 is 0 Å². The van der Waals surface area contributed by atoms with Crippen molar-refractivity contribution in [1.29, 1.82) is 0 Å². The van der Waals surface area contributed by atoms with E-state index in [-0.39, 0.29) is 5.92 Å². The van der Waals surface area contributed by atoms with Crippen LogP contribution in [0.4, 0.5) is 8.78 Å². The van der Waals surface area contributed by atoms with Crippen molar-refractivity contribution in [2.45, 2.75) is 37.7 Å². The highest BCUT2D eigenvalue weighted by atomic mass is 19.2. The molecule has 2 unspecified atom stereocenters. The fourth-order valence-electron chi connectivity index (χ4n) is 3.25. The highest BCUT2D eigenvalue weighted by molar-refractivity contribution is 5.25. The Kier molecular flexibility index (Phi) is 6.29. The van der Waals surface area contributed by atoms with Crippen LogP contribution >= 0.6 is 0 Å².